The van der Waals surface area contributed by atoms with Gasteiger partial charge in [-0.05, 0) is 35.9 Å². The predicted molar refractivity (Wildman–Crippen MR) is 103 cm³/mol. The van der Waals surface area contributed by atoms with E-state index in [0.717, 1.165) is 16.9 Å². The van der Waals surface area contributed by atoms with Crippen LogP contribution in [0.5, 0.6) is 11.5 Å². The lowest BCUT2D eigenvalue weighted by atomic mass is 10.0. The molecule has 1 heterocycles. The second-order valence-electron chi connectivity index (χ2n) is 5.83. The monoisotopic (exact) mass is 396 g/mol. The van der Waals surface area contributed by atoms with Crippen LogP contribution in [0.25, 0.3) is 21.4 Å². The van der Waals surface area contributed by atoms with Gasteiger partial charge in [0.15, 0.2) is 12.2 Å². The van der Waals surface area contributed by atoms with E-state index in [2.05, 4.69) is 0 Å². The molecule has 4 rings (SSSR count). The Kier molecular flexibility index (Phi) is 4.90. The lowest BCUT2D eigenvalue weighted by molar-refractivity contribution is -0.136. The smallest absolute Gasteiger partial charge is 0.396 e. The van der Waals surface area contributed by atoms with Gasteiger partial charge in [0.1, 0.15) is 17.3 Å². The Labute approximate surface area is 162 Å². The molecule has 0 atom stereocenters. The molecule has 0 aliphatic carbocycles. The second-order valence-corrected chi connectivity index (χ2v) is 6.81. The Morgan fingerprint density at radius 1 is 1.00 bits per heavy atom. The van der Waals surface area contributed by atoms with Gasteiger partial charge >= 0.3 is 10.9 Å². The fourth-order valence-corrected chi connectivity index (χ4v) is 3.40. The van der Waals surface area contributed by atoms with Crippen molar-refractivity contribution in [1.82, 2.24) is 0 Å². The largest absolute Gasteiger partial charge is 0.482 e. The van der Waals surface area contributed by atoms with Gasteiger partial charge in [0, 0.05) is 11.6 Å². The van der Waals surface area contributed by atoms with E-state index >= 15 is 0 Å². The Morgan fingerprint density at radius 3 is 2.50 bits per heavy atom. The van der Waals surface area contributed by atoms with E-state index in [0.29, 0.717) is 21.6 Å². The maximum Gasteiger partial charge on any atom is 0.396 e. The van der Waals surface area contributed by atoms with Crippen LogP contribution in [-0.4, -0.2) is 12.6 Å². The van der Waals surface area contributed by atoms with E-state index in [4.69, 9.17) is 13.9 Å². The molecule has 0 amide bonds. The van der Waals surface area contributed by atoms with Gasteiger partial charge < -0.3 is 13.9 Å². The first kappa shape index (κ1) is 17.9. The summed E-state index contributed by atoms with van der Waals surface area (Å²) in [7, 11) is 0. The minimum atomic E-state index is -0.626. The molecule has 0 saturated heterocycles. The number of halogens is 1. The van der Waals surface area contributed by atoms with Crippen LogP contribution >= 0.6 is 11.3 Å². The molecular weight excluding hydrogens is 383 g/mol. The zero-order chi connectivity index (χ0) is 19.5. The van der Waals surface area contributed by atoms with Gasteiger partial charge in [-0.15, -0.1) is 0 Å². The molecule has 7 heteroatoms. The lowest BCUT2D eigenvalue weighted by Gasteiger charge is -2.09. The third kappa shape index (κ3) is 3.94. The van der Waals surface area contributed by atoms with E-state index in [1.807, 2.05) is 30.3 Å². The molecule has 0 unspecified atom stereocenters. The van der Waals surface area contributed by atoms with Gasteiger partial charge in [0.25, 0.3) is 0 Å². The molecule has 0 N–H and O–H groups in total. The van der Waals surface area contributed by atoms with Crippen LogP contribution in [0, 0.1) is 5.82 Å². The van der Waals surface area contributed by atoms with Crippen LogP contribution in [-0.2, 0) is 4.79 Å². The summed E-state index contributed by atoms with van der Waals surface area (Å²) in [5.41, 5.74) is 1.93. The fraction of sp³-hybridized carbons (Fsp3) is 0.0476. The second kappa shape index (κ2) is 7.66. The molecule has 0 fully saturated rings. The summed E-state index contributed by atoms with van der Waals surface area (Å²) in [5, 5.41) is 0. The highest BCUT2D eigenvalue weighted by Gasteiger charge is 2.15. The van der Waals surface area contributed by atoms with Crippen molar-refractivity contribution in [3.05, 3.63) is 82.3 Å². The summed E-state index contributed by atoms with van der Waals surface area (Å²) in [6.45, 7) is -0.341. The van der Waals surface area contributed by atoms with E-state index in [-0.39, 0.29) is 12.4 Å². The highest BCUT2D eigenvalue weighted by Crippen LogP contribution is 2.34. The first-order valence-corrected chi connectivity index (χ1v) is 9.12. The fourth-order valence-electron chi connectivity index (χ4n) is 2.68. The average molecular weight is 396 g/mol. The molecule has 0 aliphatic heterocycles. The molecule has 0 spiro atoms. The summed E-state index contributed by atoms with van der Waals surface area (Å²) in [6.07, 6.45) is 0. The van der Waals surface area contributed by atoms with Crippen molar-refractivity contribution in [2.24, 2.45) is 0 Å². The summed E-state index contributed by atoms with van der Waals surface area (Å²) in [6, 6.07) is 17.9. The minimum Gasteiger partial charge on any atom is -0.482 e. The molecule has 3 aromatic carbocycles. The number of carbonyl (C=O) groups excluding carboxylic acids is 1. The number of ether oxygens (including phenoxy) is 2. The lowest BCUT2D eigenvalue weighted by Crippen LogP contribution is -2.17. The molecule has 0 saturated carbocycles. The van der Waals surface area contributed by atoms with E-state index in [9.17, 15) is 14.0 Å². The van der Waals surface area contributed by atoms with Crippen molar-refractivity contribution < 1.29 is 23.1 Å². The Bertz CT molecular complexity index is 1180. The zero-order valence-corrected chi connectivity index (χ0v) is 15.2. The summed E-state index contributed by atoms with van der Waals surface area (Å²) < 4.78 is 29.4. The molecular formula is C21H13FO5S. The zero-order valence-electron chi connectivity index (χ0n) is 14.4. The third-order valence-corrected chi connectivity index (χ3v) is 4.67. The van der Waals surface area contributed by atoms with E-state index < -0.39 is 16.7 Å². The molecule has 0 bridgehead atoms. The average Bonchev–Trinajstić information content (AvgIpc) is 3.07. The highest BCUT2D eigenvalue weighted by atomic mass is 32.1. The summed E-state index contributed by atoms with van der Waals surface area (Å²) >= 11 is 0.933. The summed E-state index contributed by atoms with van der Waals surface area (Å²) in [4.78, 5) is 23.4. The standard InChI is InChI=1S/C21H13FO5S/c22-14-6-8-15(9-7-14)25-12-19(23)26-16-10-17(13-4-2-1-3-5-13)20-18(11-16)28-21(24)27-20/h1-11H,12H2. The van der Waals surface area contributed by atoms with E-state index in [1.165, 1.54) is 24.3 Å². The number of esters is 1. The number of hydrogen-bond donors (Lipinski definition) is 0. The summed E-state index contributed by atoms with van der Waals surface area (Å²) in [5.74, 6) is -0.391. The van der Waals surface area contributed by atoms with Crippen LogP contribution in [0.2, 0.25) is 0 Å². The van der Waals surface area contributed by atoms with Gasteiger partial charge in [-0.25, -0.2) is 14.0 Å². The van der Waals surface area contributed by atoms with Crippen molar-refractivity contribution >= 4 is 27.6 Å². The first-order valence-electron chi connectivity index (χ1n) is 8.31. The normalized spacial score (nSPS) is 10.8. The van der Waals surface area contributed by atoms with Gasteiger partial charge in [-0.3, -0.25) is 0 Å². The van der Waals surface area contributed by atoms with Crippen LogP contribution in [0.3, 0.4) is 0 Å². The Balaban J connectivity index is 1.57. The van der Waals surface area contributed by atoms with Crippen molar-refractivity contribution in [1.29, 1.82) is 0 Å². The quantitative estimate of drug-likeness (QED) is 0.363. The van der Waals surface area contributed by atoms with Crippen LogP contribution in [0.1, 0.15) is 0 Å². The van der Waals surface area contributed by atoms with Gasteiger partial charge in [-0.1, -0.05) is 41.7 Å². The number of rotatable bonds is 5. The number of benzene rings is 3. The predicted octanol–water partition coefficient (Wildman–Crippen LogP) is 4.65. The topological polar surface area (TPSA) is 65.7 Å². The molecule has 4 aromatic rings. The van der Waals surface area contributed by atoms with Gasteiger partial charge in [0.2, 0.25) is 0 Å². The Hall–Kier alpha value is -3.45. The van der Waals surface area contributed by atoms with Gasteiger partial charge in [0.05, 0.1) is 4.70 Å². The van der Waals surface area contributed by atoms with Crippen LogP contribution < -0.4 is 14.4 Å². The van der Waals surface area contributed by atoms with Crippen molar-refractivity contribution in [3.8, 4) is 22.6 Å². The molecule has 5 nitrogen and oxygen atoms in total. The third-order valence-electron chi connectivity index (χ3n) is 3.89. The van der Waals surface area contributed by atoms with Crippen molar-refractivity contribution in [3.63, 3.8) is 0 Å². The van der Waals surface area contributed by atoms with E-state index in [1.54, 1.807) is 12.1 Å². The Morgan fingerprint density at radius 2 is 1.75 bits per heavy atom. The van der Waals surface area contributed by atoms with Crippen LogP contribution in [0.15, 0.2) is 75.9 Å². The maximum atomic E-state index is 12.9. The minimum absolute atomic E-state index is 0.274. The molecule has 0 radical (unpaired) electrons. The molecule has 1 aromatic heterocycles. The molecule has 0 aliphatic rings. The maximum absolute atomic E-state index is 12.9. The molecule has 28 heavy (non-hydrogen) atoms. The number of carbonyl (C=O) groups is 1. The van der Waals surface area contributed by atoms with Crippen molar-refractivity contribution in [2.45, 2.75) is 0 Å². The van der Waals surface area contributed by atoms with Crippen molar-refractivity contribution in [2.75, 3.05) is 6.61 Å². The number of fused-ring (bicyclic) bond motifs is 1. The van der Waals surface area contributed by atoms with Gasteiger partial charge in [-0.2, -0.15) is 0 Å². The molecule has 140 valence electrons. The first-order chi connectivity index (χ1) is 13.6. The SMILES string of the molecule is O=C(COc1ccc(F)cc1)Oc1cc(-c2ccccc2)c2oc(=O)sc2c1. The van der Waals surface area contributed by atoms with Crippen LogP contribution in [0.4, 0.5) is 4.39 Å². The highest BCUT2D eigenvalue weighted by molar-refractivity contribution is 7.16. The number of hydrogen-bond acceptors (Lipinski definition) is 6.